The lowest BCUT2D eigenvalue weighted by atomic mass is 9.81. The minimum atomic E-state index is -0.363. The fraction of sp³-hybridized carbons (Fsp3) is 0.536. The standard InChI is InChI=1S/C28H35N3O3/c32-26-24(25(27(26)33)30-15-5-2-6-16-30)29-19-20-9-11-23(12-10-20)28(34)31-17-13-22(14-18-31)21-7-3-1-4-8-21/h1,3-4,7-8,13,20,23,29H,2,5-6,9-12,14-19H2. The molecular formula is C28H35N3O3. The summed E-state index contributed by atoms with van der Waals surface area (Å²) in [6.45, 7) is 3.94. The van der Waals surface area contributed by atoms with Gasteiger partial charge >= 0.3 is 0 Å². The van der Waals surface area contributed by atoms with Gasteiger partial charge in [-0.2, -0.15) is 0 Å². The highest BCUT2D eigenvalue weighted by Gasteiger charge is 2.31. The molecule has 6 nitrogen and oxygen atoms in total. The van der Waals surface area contributed by atoms with Gasteiger partial charge in [-0.1, -0.05) is 36.4 Å². The summed E-state index contributed by atoms with van der Waals surface area (Å²) in [6, 6.07) is 10.4. The molecule has 0 aromatic heterocycles. The molecule has 1 amide bonds. The van der Waals surface area contributed by atoms with Gasteiger partial charge in [-0.3, -0.25) is 14.4 Å². The Hall–Kier alpha value is -2.89. The summed E-state index contributed by atoms with van der Waals surface area (Å²) in [6.07, 6.45) is 10.2. The predicted octanol–water partition coefficient (Wildman–Crippen LogP) is 3.81. The van der Waals surface area contributed by atoms with Crippen LogP contribution in [-0.2, 0) is 4.79 Å². The summed E-state index contributed by atoms with van der Waals surface area (Å²) in [7, 11) is 0. The normalized spacial score (nSPS) is 23.6. The Labute approximate surface area is 201 Å². The maximum Gasteiger partial charge on any atom is 0.253 e. The van der Waals surface area contributed by atoms with E-state index < -0.39 is 0 Å². The van der Waals surface area contributed by atoms with Crippen LogP contribution in [0.4, 0.5) is 11.4 Å². The number of hydrogen-bond acceptors (Lipinski definition) is 5. The zero-order valence-electron chi connectivity index (χ0n) is 19.9. The Morgan fingerprint density at radius 2 is 1.65 bits per heavy atom. The number of piperidine rings is 1. The van der Waals surface area contributed by atoms with Gasteiger partial charge in [-0.25, -0.2) is 0 Å². The first kappa shape index (κ1) is 22.9. The van der Waals surface area contributed by atoms with Crippen LogP contribution in [0.2, 0.25) is 0 Å². The Morgan fingerprint density at radius 3 is 2.32 bits per heavy atom. The third-order valence-corrected chi connectivity index (χ3v) is 7.99. The zero-order chi connectivity index (χ0) is 23.5. The van der Waals surface area contributed by atoms with Gasteiger partial charge in [0.05, 0.1) is 0 Å². The number of nitrogens with one attached hydrogen (secondary N) is 1. The van der Waals surface area contributed by atoms with E-state index in [4.69, 9.17) is 0 Å². The van der Waals surface area contributed by atoms with Crippen LogP contribution < -0.4 is 21.1 Å². The van der Waals surface area contributed by atoms with Crippen molar-refractivity contribution in [1.82, 2.24) is 4.90 Å². The van der Waals surface area contributed by atoms with Gasteiger partial charge in [-0.05, 0) is 68.4 Å². The Morgan fingerprint density at radius 1 is 0.912 bits per heavy atom. The molecule has 0 spiro atoms. The molecular weight excluding hydrogens is 426 g/mol. The van der Waals surface area contributed by atoms with Gasteiger partial charge in [0.25, 0.3) is 10.9 Å². The maximum absolute atomic E-state index is 13.1. The fourth-order valence-electron chi connectivity index (χ4n) is 5.86. The van der Waals surface area contributed by atoms with Gasteiger partial charge < -0.3 is 15.1 Å². The highest BCUT2D eigenvalue weighted by Crippen LogP contribution is 2.32. The first-order valence-electron chi connectivity index (χ1n) is 13.0. The first-order chi connectivity index (χ1) is 16.6. The highest BCUT2D eigenvalue weighted by molar-refractivity contribution is 5.80. The van der Waals surface area contributed by atoms with Gasteiger partial charge in [0.1, 0.15) is 11.4 Å². The second-order valence-corrected chi connectivity index (χ2v) is 10.2. The topological polar surface area (TPSA) is 69.7 Å². The zero-order valence-corrected chi connectivity index (χ0v) is 19.9. The molecule has 5 rings (SSSR count). The molecule has 2 aliphatic heterocycles. The molecule has 180 valence electrons. The van der Waals surface area contributed by atoms with Crippen molar-refractivity contribution in [3.63, 3.8) is 0 Å². The molecule has 0 atom stereocenters. The van der Waals surface area contributed by atoms with E-state index in [2.05, 4.69) is 40.6 Å². The molecule has 1 N–H and O–H groups in total. The molecule has 2 fully saturated rings. The van der Waals surface area contributed by atoms with E-state index in [9.17, 15) is 14.4 Å². The number of rotatable bonds is 6. The summed E-state index contributed by atoms with van der Waals surface area (Å²) in [4.78, 5) is 41.5. The van der Waals surface area contributed by atoms with E-state index in [1.807, 2.05) is 11.0 Å². The maximum atomic E-state index is 13.1. The van der Waals surface area contributed by atoms with E-state index in [1.165, 1.54) is 17.6 Å². The van der Waals surface area contributed by atoms with E-state index in [-0.39, 0.29) is 16.8 Å². The first-order valence-corrected chi connectivity index (χ1v) is 13.0. The molecule has 1 saturated heterocycles. The van der Waals surface area contributed by atoms with Crippen LogP contribution in [0.5, 0.6) is 0 Å². The van der Waals surface area contributed by atoms with Crippen LogP contribution in [-0.4, -0.2) is 43.5 Å². The van der Waals surface area contributed by atoms with Crippen molar-refractivity contribution >= 4 is 22.9 Å². The molecule has 1 saturated carbocycles. The Balaban J connectivity index is 1.10. The van der Waals surface area contributed by atoms with Gasteiger partial charge in [0.15, 0.2) is 0 Å². The quantitative estimate of drug-likeness (QED) is 0.663. The Bertz CT molecular complexity index is 1100. The molecule has 0 unspecified atom stereocenters. The monoisotopic (exact) mass is 461 g/mol. The van der Waals surface area contributed by atoms with E-state index >= 15 is 0 Å². The number of benzene rings is 1. The van der Waals surface area contributed by atoms with Crippen molar-refractivity contribution in [2.24, 2.45) is 11.8 Å². The minimum Gasteiger partial charge on any atom is -0.380 e. The van der Waals surface area contributed by atoms with Crippen molar-refractivity contribution in [1.29, 1.82) is 0 Å². The number of hydrogen-bond donors (Lipinski definition) is 1. The van der Waals surface area contributed by atoms with Gasteiger partial charge in [-0.15, -0.1) is 0 Å². The summed E-state index contributed by atoms with van der Waals surface area (Å²) >= 11 is 0. The van der Waals surface area contributed by atoms with E-state index in [1.54, 1.807) is 0 Å². The largest absolute Gasteiger partial charge is 0.380 e. The molecule has 2 aromatic carbocycles. The van der Waals surface area contributed by atoms with Crippen molar-refractivity contribution in [2.75, 3.05) is 42.9 Å². The van der Waals surface area contributed by atoms with Crippen LogP contribution in [0.1, 0.15) is 56.9 Å². The summed E-state index contributed by atoms with van der Waals surface area (Å²) in [5.74, 6) is 0.844. The van der Waals surface area contributed by atoms with E-state index in [0.29, 0.717) is 36.3 Å². The van der Waals surface area contributed by atoms with Crippen LogP contribution >= 0.6 is 0 Å². The molecule has 1 aliphatic carbocycles. The molecule has 6 heteroatoms. The summed E-state index contributed by atoms with van der Waals surface area (Å²) < 4.78 is 0. The third-order valence-electron chi connectivity index (χ3n) is 7.99. The molecule has 2 aromatic rings. The number of carbonyl (C=O) groups is 1. The van der Waals surface area contributed by atoms with Crippen LogP contribution in [0.25, 0.3) is 5.57 Å². The van der Waals surface area contributed by atoms with E-state index in [0.717, 1.165) is 64.6 Å². The molecule has 0 bridgehead atoms. The highest BCUT2D eigenvalue weighted by atomic mass is 16.2. The lowest BCUT2D eigenvalue weighted by molar-refractivity contribution is -0.136. The van der Waals surface area contributed by atoms with Crippen molar-refractivity contribution in [2.45, 2.75) is 51.4 Å². The summed E-state index contributed by atoms with van der Waals surface area (Å²) in [5, 5.41) is 3.31. The van der Waals surface area contributed by atoms with Crippen LogP contribution in [0.3, 0.4) is 0 Å². The second-order valence-electron chi connectivity index (χ2n) is 10.2. The Kier molecular flexibility index (Phi) is 6.84. The van der Waals surface area contributed by atoms with Crippen molar-refractivity contribution in [3.8, 4) is 0 Å². The molecule has 0 radical (unpaired) electrons. The molecule has 3 aliphatic rings. The molecule has 34 heavy (non-hydrogen) atoms. The SMILES string of the molecule is O=C(C1CCC(CNc2c(N3CCCCC3)c(=O)c2=O)CC1)N1CC=C(c2ccccc2)CC1. The van der Waals surface area contributed by atoms with Gasteiger partial charge in [0.2, 0.25) is 5.91 Å². The number of nitrogens with zero attached hydrogens (tertiary/aromatic N) is 2. The predicted molar refractivity (Wildman–Crippen MR) is 137 cm³/mol. The third kappa shape index (κ3) is 4.68. The number of carbonyl (C=O) groups excluding carboxylic acids is 1. The van der Waals surface area contributed by atoms with Crippen LogP contribution in [0, 0.1) is 11.8 Å². The average Bonchev–Trinajstić information content (AvgIpc) is 2.91. The number of amides is 1. The smallest absolute Gasteiger partial charge is 0.253 e. The van der Waals surface area contributed by atoms with Gasteiger partial charge in [0, 0.05) is 38.6 Å². The average molecular weight is 462 g/mol. The lowest BCUT2D eigenvalue weighted by Crippen LogP contribution is -2.45. The lowest BCUT2D eigenvalue weighted by Gasteiger charge is -2.34. The number of anilines is 2. The van der Waals surface area contributed by atoms with Crippen molar-refractivity contribution in [3.05, 3.63) is 62.4 Å². The van der Waals surface area contributed by atoms with Crippen LogP contribution in [0.15, 0.2) is 46.0 Å². The molecule has 2 heterocycles. The summed E-state index contributed by atoms with van der Waals surface area (Å²) in [5.41, 5.74) is 3.04. The second kappa shape index (κ2) is 10.2. The minimum absolute atomic E-state index is 0.109. The van der Waals surface area contributed by atoms with Crippen molar-refractivity contribution < 1.29 is 4.79 Å². The fourth-order valence-corrected chi connectivity index (χ4v) is 5.86.